The molecule has 1 saturated heterocycles. The summed E-state index contributed by atoms with van der Waals surface area (Å²) in [5.74, 6) is -2.83. The molecule has 1 fully saturated rings. The Labute approximate surface area is 164 Å². The summed E-state index contributed by atoms with van der Waals surface area (Å²) in [6.07, 6.45) is -3.92. The van der Waals surface area contributed by atoms with Gasteiger partial charge in [-0.3, -0.25) is 9.59 Å². The number of alkyl halides is 3. The molecule has 8 nitrogen and oxygen atoms in total. The Morgan fingerprint density at radius 2 is 2.00 bits per heavy atom. The molecule has 3 rings (SSSR count). The largest absolute Gasteiger partial charge is 0.405 e. The first-order chi connectivity index (χ1) is 13.7. The first kappa shape index (κ1) is 21.2. The van der Waals surface area contributed by atoms with Crippen LogP contribution >= 0.6 is 0 Å². The Kier molecular flexibility index (Phi) is 5.87. The van der Waals surface area contributed by atoms with E-state index >= 15 is 0 Å². The number of nitrogens with zero attached hydrogens (tertiary/aromatic N) is 2. The monoisotopic (exact) mass is 416 g/mol. The molecule has 0 saturated carbocycles. The van der Waals surface area contributed by atoms with Gasteiger partial charge in [0.1, 0.15) is 6.54 Å². The molecule has 160 valence electrons. The van der Waals surface area contributed by atoms with Crippen molar-refractivity contribution in [1.82, 2.24) is 20.1 Å². The average Bonchev–Trinajstić information content (AvgIpc) is 2.91. The van der Waals surface area contributed by atoms with Crippen LogP contribution in [0.4, 0.5) is 18.0 Å². The number of hydrogen-bond acceptors (Lipinski definition) is 4. The lowest BCUT2D eigenvalue weighted by molar-refractivity contribution is -0.142. The molecule has 3 amide bonds. The summed E-state index contributed by atoms with van der Waals surface area (Å²) in [4.78, 5) is 39.2. The molecule has 2 bridgehead atoms. The third-order valence-corrected chi connectivity index (χ3v) is 5.45. The first-order valence-corrected chi connectivity index (χ1v) is 9.40. The van der Waals surface area contributed by atoms with Crippen LogP contribution in [0.2, 0.25) is 0 Å². The summed E-state index contributed by atoms with van der Waals surface area (Å²) in [6.45, 7) is 0.279. The predicted molar refractivity (Wildman–Crippen MR) is 95.9 cm³/mol. The summed E-state index contributed by atoms with van der Waals surface area (Å²) in [7, 11) is 0. The topological polar surface area (TPSA) is 104 Å². The summed E-state index contributed by atoms with van der Waals surface area (Å²) in [5.41, 5.74) is 0.0302. The Hall–Kier alpha value is -2.56. The molecule has 1 aromatic rings. The molecular weight excluding hydrogens is 393 g/mol. The fourth-order valence-electron chi connectivity index (χ4n) is 4.26. The van der Waals surface area contributed by atoms with Gasteiger partial charge in [0, 0.05) is 37.4 Å². The zero-order valence-corrected chi connectivity index (χ0v) is 15.8. The minimum Gasteiger partial charge on any atom is -0.396 e. The molecule has 2 aliphatic heterocycles. The van der Waals surface area contributed by atoms with Gasteiger partial charge in [-0.1, -0.05) is 13.0 Å². The van der Waals surface area contributed by atoms with Crippen molar-refractivity contribution in [2.75, 3.05) is 19.7 Å². The van der Waals surface area contributed by atoms with Crippen LogP contribution in [0.15, 0.2) is 23.0 Å². The maximum Gasteiger partial charge on any atom is 0.405 e. The second-order valence-corrected chi connectivity index (χ2v) is 7.26. The van der Waals surface area contributed by atoms with E-state index < -0.39 is 55.2 Å². The van der Waals surface area contributed by atoms with E-state index in [4.69, 9.17) is 0 Å². The molecule has 0 unspecified atom stereocenters. The highest BCUT2D eigenvalue weighted by molar-refractivity contribution is 5.83. The molecule has 11 heteroatoms. The van der Waals surface area contributed by atoms with E-state index in [9.17, 15) is 32.7 Å². The van der Waals surface area contributed by atoms with Crippen molar-refractivity contribution in [3.8, 4) is 0 Å². The molecule has 0 aliphatic carbocycles. The van der Waals surface area contributed by atoms with Crippen LogP contribution in [-0.2, 0) is 11.3 Å². The number of rotatable bonds is 5. The fourth-order valence-corrected chi connectivity index (χ4v) is 4.26. The van der Waals surface area contributed by atoms with E-state index in [-0.39, 0.29) is 12.1 Å². The second kappa shape index (κ2) is 8.05. The number of pyridine rings is 1. The van der Waals surface area contributed by atoms with E-state index in [2.05, 4.69) is 5.32 Å². The highest BCUT2D eigenvalue weighted by atomic mass is 19.4. The third-order valence-electron chi connectivity index (χ3n) is 5.45. The molecular formula is C18H23F3N4O4. The van der Waals surface area contributed by atoms with Gasteiger partial charge in [-0.05, 0) is 12.5 Å². The number of aliphatic hydroxyl groups excluding tert-OH is 1. The van der Waals surface area contributed by atoms with Crippen LogP contribution in [0.1, 0.15) is 25.1 Å². The van der Waals surface area contributed by atoms with Gasteiger partial charge in [0.25, 0.3) is 5.56 Å². The zero-order valence-electron chi connectivity index (χ0n) is 15.8. The third kappa shape index (κ3) is 3.96. The predicted octanol–water partition coefficient (Wildman–Crippen LogP) is 0.610. The van der Waals surface area contributed by atoms with Crippen LogP contribution in [0.25, 0.3) is 0 Å². The van der Waals surface area contributed by atoms with E-state index in [0.29, 0.717) is 18.7 Å². The highest BCUT2D eigenvalue weighted by Gasteiger charge is 2.57. The van der Waals surface area contributed by atoms with Crippen LogP contribution in [0.5, 0.6) is 0 Å². The van der Waals surface area contributed by atoms with Gasteiger partial charge in [-0.2, -0.15) is 13.2 Å². The smallest absolute Gasteiger partial charge is 0.396 e. The summed E-state index contributed by atoms with van der Waals surface area (Å²) < 4.78 is 39.2. The molecule has 3 heterocycles. The van der Waals surface area contributed by atoms with E-state index in [1.165, 1.54) is 21.6 Å². The Bertz CT molecular complexity index is 841. The lowest BCUT2D eigenvalue weighted by Crippen LogP contribution is -2.52. The maximum absolute atomic E-state index is 12.8. The molecule has 4 atom stereocenters. The minimum atomic E-state index is -4.59. The van der Waals surface area contributed by atoms with Gasteiger partial charge in [0.15, 0.2) is 0 Å². The van der Waals surface area contributed by atoms with E-state index in [0.717, 1.165) is 0 Å². The molecule has 0 spiro atoms. The zero-order chi connectivity index (χ0) is 21.3. The number of aromatic nitrogens is 1. The first-order valence-electron chi connectivity index (χ1n) is 9.40. The quantitative estimate of drug-likeness (QED) is 0.654. The molecule has 3 N–H and O–H groups in total. The summed E-state index contributed by atoms with van der Waals surface area (Å²) >= 11 is 0. The van der Waals surface area contributed by atoms with Gasteiger partial charge in [-0.25, -0.2) is 4.79 Å². The van der Waals surface area contributed by atoms with E-state index in [1.807, 2.05) is 12.2 Å². The summed E-state index contributed by atoms with van der Waals surface area (Å²) in [5, 5.41) is 14.5. The summed E-state index contributed by atoms with van der Waals surface area (Å²) in [6, 6.07) is 2.26. The number of nitrogens with one attached hydrogen (secondary N) is 2. The number of amides is 3. The lowest BCUT2D eigenvalue weighted by Gasteiger charge is -2.38. The van der Waals surface area contributed by atoms with Crippen molar-refractivity contribution < 1.29 is 27.9 Å². The van der Waals surface area contributed by atoms with Gasteiger partial charge >= 0.3 is 12.2 Å². The molecule has 29 heavy (non-hydrogen) atoms. The molecule has 0 radical (unpaired) electrons. The van der Waals surface area contributed by atoms with Crippen molar-refractivity contribution in [3.05, 3.63) is 34.2 Å². The SMILES string of the molecule is CCCNC(=O)N1[C@@H]2Cn3c(cccc3=O)[C@H]1[C@@H](C(=O)NCC(F)(F)F)[C@@H]2CO. The molecule has 0 aromatic carbocycles. The Morgan fingerprint density at radius 3 is 2.62 bits per heavy atom. The number of urea groups is 1. The van der Waals surface area contributed by atoms with E-state index in [1.54, 1.807) is 6.07 Å². The maximum atomic E-state index is 12.8. The number of carbonyl (C=O) groups is 2. The number of aliphatic hydroxyl groups is 1. The second-order valence-electron chi connectivity index (χ2n) is 7.26. The van der Waals surface area contributed by atoms with Crippen molar-refractivity contribution in [3.63, 3.8) is 0 Å². The lowest BCUT2D eigenvalue weighted by atomic mass is 9.86. The van der Waals surface area contributed by atoms with Crippen LogP contribution in [-0.4, -0.2) is 58.4 Å². The number of halogens is 3. The molecule has 1 aromatic heterocycles. The van der Waals surface area contributed by atoms with Crippen molar-refractivity contribution in [1.29, 1.82) is 0 Å². The fraction of sp³-hybridized carbons (Fsp3) is 0.611. The van der Waals surface area contributed by atoms with Crippen LogP contribution in [0.3, 0.4) is 0 Å². The average molecular weight is 416 g/mol. The van der Waals surface area contributed by atoms with Crippen molar-refractivity contribution in [2.45, 2.75) is 38.1 Å². The van der Waals surface area contributed by atoms with Crippen molar-refractivity contribution in [2.24, 2.45) is 11.8 Å². The number of hydrogen-bond donors (Lipinski definition) is 3. The van der Waals surface area contributed by atoms with Gasteiger partial charge in [0.05, 0.1) is 18.0 Å². The Morgan fingerprint density at radius 1 is 1.28 bits per heavy atom. The van der Waals surface area contributed by atoms with Crippen molar-refractivity contribution >= 4 is 11.9 Å². The van der Waals surface area contributed by atoms with Gasteiger partial charge < -0.3 is 25.2 Å². The van der Waals surface area contributed by atoms with Gasteiger partial charge in [0.2, 0.25) is 5.91 Å². The van der Waals surface area contributed by atoms with Crippen LogP contribution in [0, 0.1) is 11.8 Å². The minimum absolute atomic E-state index is 0.0549. The van der Waals surface area contributed by atoms with Crippen LogP contribution < -0.4 is 16.2 Å². The number of fused-ring (bicyclic) bond motifs is 4. The Balaban J connectivity index is 2.02. The standard InChI is InChI=1S/C18H23F3N4O4/c1-2-6-22-17(29)25-12-7-24-11(4-3-5-13(24)27)15(25)14(10(12)8-26)16(28)23-9-18(19,20)21/h3-5,10,12,14-15,26H,2,6-9H2,1H3,(H,22,29)(H,23,28)/t10-,12-,14+,15+/m1/s1. The normalized spacial score (nSPS) is 25.5. The number of carbonyl (C=O) groups excluding carboxylic acids is 2. The molecule has 2 aliphatic rings. The van der Waals surface area contributed by atoms with Gasteiger partial charge in [-0.15, -0.1) is 0 Å². The highest BCUT2D eigenvalue weighted by Crippen LogP contribution is 2.48.